The highest BCUT2D eigenvalue weighted by molar-refractivity contribution is 5.77. The molecule has 0 N–H and O–H groups in total. The molecule has 3 aliphatic rings. The molecule has 3 heterocycles. The van der Waals surface area contributed by atoms with Crippen LogP contribution in [0.5, 0.6) is 0 Å². The average molecular weight is 397 g/mol. The van der Waals surface area contributed by atoms with Crippen molar-refractivity contribution in [3.63, 3.8) is 0 Å². The number of nitro groups is 1. The molecule has 0 aromatic heterocycles. The van der Waals surface area contributed by atoms with Crippen LogP contribution >= 0.6 is 0 Å². The number of ether oxygens (including phenoxy) is 2. The lowest BCUT2D eigenvalue weighted by atomic mass is 9.77. The number of carbonyl (C=O) groups excluding carboxylic acids is 2. The minimum Gasteiger partial charge on any atom is -0.465 e. The summed E-state index contributed by atoms with van der Waals surface area (Å²) in [4.78, 5) is 39.7. The molecule has 158 valence electrons. The molecule has 0 radical (unpaired) electrons. The van der Waals surface area contributed by atoms with E-state index in [1.54, 1.807) is 6.92 Å². The van der Waals surface area contributed by atoms with E-state index in [9.17, 15) is 19.7 Å². The molecule has 9 heteroatoms. The third kappa shape index (κ3) is 4.09. The fourth-order valence-corrected chi connectivity index (χ4v) is 5.22. The molecule has 3 atom stereocenters. The van der Waals surface area contributed by atoms with Crippen molar-refractivity contribution in [3.05, 3.63) is 10.1 Å². The number of hydrogen-bond donors (Lipinski definition) is 0. The van der Waals surface area contributed by atoms with Crippen molar-refractivity contribution in [2.24, 2.45) is 5.41 Å². The highest BCUT2D eigenvalue weighted by Gasteiger charge is 2.50. The third-order valence-electron chi connectivity index (χ3n) is 6.60. The summed E-state index contributed by atoms with van der Waals surface area (Å²) < 4.78 is 10.4. The first-order valence-electron chi connectivity index (χ1n) is 10.4. The molecule has 28 heavy (non-hydrogen) atoms. The van der Waals surface area contributed by atoms with Crippen molar-refractivity contribution in [2.75, 3.05) is 32.8 Å². The molecule has 3 aliphatic heterocycles. The standard InChI is InChI=1S/C19H31N3O6/c1-3-27-17(23)19(13-21(25)26)7-9-20(10-8-19)16-11-14-5-6-15(12-16)22(14)18(24)28-4-2/h14-16H,3-13H2,1-2H3/t14-,15?,16+/m1/s1. The number of likely N-dealkylation sites (tertiary alicyclic amines) is 1. The van der Waals surface area contributed by atoms with Crippen molar-refractivity contribution in [1.29, 1.82) is 0 Å². The minimum atomic E-state index is -1.01. The second kappa shape index (κ2) is 8.63. The van der Waals surface area contributed by atoms with Gasteiger partial charge in [0.1, 0.15) is 5.41 Å². The number of amides is 1. The van der Waals surface area contributed by atoms with E-state index < -0.39 is 16.3 Å². The summed E-state index contributed by atoms with van der Waals surface area (Å²) in [5.41, 5.74) is -1.01. The molecule has 3 saturated heterocycles. The van der Waals surface area contributed by atoms with Gasteiger partial charge in [0.2, 0.25) is 6.54 Å². The van der Waals surface area contributed by atoms with Crippen molar-refractivity contribution in [2.45, 2.75) is 70.5 Å². The lowest BCUT2D eigenvalue weighted by molar-refractivity contribution is -0.496. The second-order valence-corrected chi connectivity index (χ2v) is 8.14. The summed E-state index contributed by atoms with van der Waals surface area (Å²) in [6.45, 7) is 5.09. The Balaban J connectivity index is 1.61. The average Bonchev–Trinajstić information content (AvgIpc) is 2.92. The van der Waals surface area contributed by atoms with Crippen LogP contribution in [0.4, 0.5) is 4.79 Å². The van der Waals surface area contributed by atoms with Gasteiger partial charge in [-0.05, 0) is 65.5 Å². The number of carbonyl (C=O) groups is 2. The molecular formula is C19H31N3O6. The smallest absolute Gasteiger partial charge is 0.410 e. The molecule has 3 fully saturated rings. The predicted octanol–water partition coefficient (Wildman–Crippen LogP) is 2.06. The third-order valence-corrected chi connectivity index (χ3v) is 6.60. The quantitative estimate of drug-likeness (QED) is 0.384. The van der Waals surface area contributed by atoms with Crippen molar-refractivity contribution >= 4 is 12.1 Å². The Bertz CT molecular complexity index is 590. The lowest BCUT2D eigenvalue weighted by Crippen LogP contribution is -2.56. The number of esters is 1. The lowest BCUT2D eigenvalue weighted by Gasteiger charge is -2.46. The Morgan fingerprint density at radius 1 is 1.04 bits per heavy atom. The van der Waals surface area contributed by atoms with E-state index in [-0.39, 0.29) is 31.3 Å². The second-order valence-electron chi connectivity index (χ2n) is 8.14. The van der Waals surface area contributed by atoms with Gasteiger partial charge >= 0.3 is 12.1 Å². The Labute approximate surface area is 165 Å². The van der Waals surface area contributed by atoms with E-state index in [4.69, 9.17) is 9.47 Å². The predicted molar refractivity (Wildman–Crippen MR) is 100 cm³/mol. The highest BCUT2D eigenvalue weighted by atomic mass is 16.6. The van der Waals surface area contributed by atoms with Crippen molar-refractivity contribution < 1.29 is 24.0 Å². The van der Waals surface area contributed by atoms with Crippen LogP contribution in [-0.4, -0.2) is 77.8 Å². The van der Waals surface area contributed by atoms with Crippen LogP contribution in [0.1, 0.15) is 52.4 Å². The van der Waals surface area contributed by atoms with Gasteiger partial charge in [0.05, 0.1) is 13.2 Å². The summed E-state index contributed by atoms with van der Waals surface area (Å²) in [7, 11) is 0. The first-order valence-corrected chi connectivity index (χ1v) is 10.4. The zero-order chi connectivity index (χ0) is 20.3. The van der Waals surface area contributed by atoms with E-state index in [1.807, 2.05) is 11.8 Å². The van der Waals surface area contributed by atoms with E-state index in [0.29, 0.717) is 38.6 Å². The first kappa shape index (κ1) is 20.8. The Kier molecular flexibility index (Phi) is 6.42. The SMILES string of the molecule is CCOC(=O)N1C2CC[C@@H]1C[C@H](N1CCC(C[N+](=O)[O-])(C(=O)OCC)CC1)C2. The van der Waals surface area contributed by atoms with Crippen molar-refractivity contribution in [1.82, 2.24) is 9.80 Å². The van der Waals surface area contributed by atoms with Gasteiger partial charge in [0.15, 0.2) is 0 Å². The largest absolute Gasteiger partial charge is 0.465 e. The topological polar surface area (TPSA) is 102 Å². The number of fused-ring (bicyclic) bond motifs is 2. The number of rotatable bonds is 6. The first-order chi connectivity index (χ1) is 13.4. The monoisotopic (exact) mass is 397 g/mol. The molecule has 0 aliphatic carbocycles. The fraction of sp³-hybridized carbons (Fsp3) is 0.895. The van der Waals surface area contributed by atoms with Crippen LogP contribution in [0.3, 0.4) is 0 Å². The maximum atomic E-state index is 12.4. The minimum absolute atomic E-state index is 0.207. The summed E-state index contributed by atoms with van der Waals surface area (Å²) in [6.07, 6.45) is 4.48. The molecule has 0 aromatic rings. The van der Waals surface area contributed by atoms with Gasteiger partial charge in [-0.25, -0.2) is 4.79 Å². The summed E-state index contributed by atoms with van der Waals surface area (Å²) in [5.74, 6) is -0.441. The summed E-state index contributed by atoms with van der Waals surface area (Å²) in [6, 6.07) is 0.760. The van der Waals surface area contributed by atoms with Crippen LogP contribution in [0, 0.1) is 15.5 Å². The number of hydrogen-bond acceptors (Lipinski definition) is 7. The van der Waals surface area contributed by atoms with Crippen LogP contribution in [0.25, 0.3) is 0 Å². The highest BCUT2D eigenvalue weighted by Crippen LogP contribution is 2.41. The zero-order valence-electron chi connectivity index (χ0n) is 16.8. The Morgan fingerprint density at radius 2 is 1.61 bits per heavy atom. The number of piperidine rings is 2. The van der Waals surface area contributed by atoms with Gasteiger partial charge in [0, 0.05) is 23.0 Å². The van der Waals surface area contributed by atoms with Crippen LogP contribution in [0.2, 0.25) is 0 Å². The fourth-order valence-electron chi connectivity index (χ4n) is 5.22. The van der Waals surface area contributed by atoms with E-state index >= 15 is 0 Å². The van der Waals surface area contributed by atoms with Gasteiger partial charge in [-0.15, -0.1) is 0 Å². The summed E-state index contributed by atoms with van der Waals surface area (Å²) in [5, 5.41) is 11.1. The molecule has 0 spiro atoms. The Hall–Kier alpha value is -1.90. The maximum absolute atomic E-state index is 12.4. The Morgan fingerprint density at radius 3 is 2.11 bits per heavy atom. The van der Waals surface area contributed by atoms with Gasteiger partial charge < -0.3 is 19.3 Å². The summed E-state index contributed by atoms with van der Waals surface area (Å²) >= 11 is 0. The van der Waals surface area contributed by atoms with E-state index in [0.717, 1.165) is 25.7 Å². The molecule has 1 amide bonds. The normalized spacial score (nSPS) is 29.4. The van der Waals surface area contributed by atoms with E-state index in [2.05, 4.69) is 4.90 Å². The maximum Gasteiger partial charge on any atom is 0.410 e. The van der Waals surface area contributed by atoms with Crippen LogP contribution < -0.4 is 0 Å². The van der Waals surface area contributed by atoms with Crippen molar-refractivity contribution in [3.8, 4) is 0 Å². The molecule has 2 bridgehead atoms. The molecule has 0 saturated carbocycles. The van der Waals surface area contributed by atoms with Gasteiger partial charge in [-0.3, -0.25) is 14.9 Å². The molecular weight excluding hydrogens is 366 g/mol. The van der Waals surface area contributed by atoms with Gasteiger partial charge in [-0.1, -0.05) is 0 Å². The molecule has 0 aromatic carbocycles. The van der Waals surface area contributed by atoms with Crippen LogP contribution in [0.15, 0.2) is 0 Å². The molecule has 3 rings (SSSR count). The van der Waals surface area contributed by atoms with Gasteiger partial charge in [0.25, 0.3) is 0 Å². The molecule has 1 unspecified atom stereocenters. The van der Waals surface area contributed by atoms with Crippen LogP contribution in [-0.2, 0) is 14.3 Å². The number of nitrogens with zero attached hydrogens (tertiary/aromatic N) is 3. The van der Waals surface area contributed by atoms with Gasteiger partial charge in [-0.2, -0.15) is 0 Å². The van der Waals surface area contributed by atoms with E-state index in [1.165, 1.54) is 0 Å². The molecule has 9 nitrogen and oxygen atoms in total. The zero-order valence-corrected chi connectivity index (χ0v) is 16.8.